The summed E-state index contributed by atoms with van der Waals surface area (Å²) < 4.78 is 0. The zero-order chi connectivity index (χ0) is 14.9. The molecule has 0 aliphatic rings. The van der Waals surface area contributed by atoms with Gasteiger partial charge in [0.05, 0.1) is 5.52 Å². The first kappa shape index (κ1) is 14.8. The van der Waals surface area contributed by atoms with Crippen LogP contribution in [0.25, 0.3) is 10.9 Å². The molecule has 0 saturated carbocycles. The molecule has 2 aromatic rings. The summed E-state index contributed by atoms with van der Waals surface area (Å²) in [5.74, 6) is -0.488. The van der Waals surface area contributed by atoms with Crippen molar-refractivity contribution in [1.29, 1.82) is 0 Å². The number of pyridine rings is 1. The van der Waals surface area contributed by atoms with Crippen molar-refractivity contribution in [2.45, 2.75) is 39.5 Å². The Balaban J connectivity index is 2.64. The first-order valence-corrected chi connectivity index (χ1v) is 7.07. The van der Waals surface area contributed by atoms with Crippen molar-refractivity contribution in [3.05, 3.63) is 40.0 Å². The van der Waals surface area contributed by atoms with Crippen LogP contribution in [0.2, 0.25) is 5.02 Å². The molecule has 0 unspecified atom stereocenters. The van der Waals surface area contributed by atoms with Gasteiger partial charge in [0.2, 0.25) is 0 Å². The van der Waals surface area contributed by atoms with E-state index >= 15 is 0 Å². The number of aromatic nitrogens is 1. The molecule has 0 bridgehead atoms. The zero-order valence-corrected chi connectivity index (χ0v) is 12.7. The van der Waals surface area contributed by atoms with E-state index in [0.717, 1.165) is 27.7 Å². The number of aliphatic carboxylic acids is 1. The molecule has 106 valence electrons. The Bertz CT molecular complexity index is 665. The van der Waals surface area contributed by atoms with Crippen molar-refractivity contribution in [3.8, 4) is 0 Å². The lowest BCUT2D eigenvalue weighted by Gasteiger charge is -2.13. The fourth-order valence-electron chi connectivity index (χ4n) is 2.29. The van der Waals surface area contributed by atoms with E-state index in [0.29, 0.717) is 17.4 Å². The fraction of sp³-hybridized carbons (Fsp3) is 0.375. The Kier molecular flexibility index (Phi) is 4.29. The lowest BCUT2D eigenvalue weighted by Crippen LogP contribution is -2.02. The van der Waals surface area contributed by atoms with E-state index < -0.39 is 5.97 Å². The first-order chi connectivity index (χ1) is 9.38. The smallest absolute Gasteiger partial charge is 0.303 e. The van der Waals surface area contributed by atoms with Crippen molar-refractivity contribution in [2.24, 2.45) is 0 Å². The number of nitrogens with zero attached hydrogens (tertiary/aromatic N) is 1. The summed E-state index contributed by atoms with van der Waals surface area (Å²) in [5.41, 5.74) is 3.93. The van der Waals surface area contributed by atoms with Crippen molar-refractivity contribution in [1.82, 2.24) is 4.98 Å². The Morgan fingerprint density at radius 3 is 2.65 bits per heavy atom. The minimum absolute atomic E-state index is 0.113. The molecule has 0 amide bonds. The van der Waals surface area contributed by atoms with Crippen LogP contribution in [0.3, 0.4) is 0 Å². The number of fused-ring (bicyclic) bond motifs is 1. The molecule has 1 heterocycles. The number of hydrogen-bond acceptors (Lipinski definition) is 2. The number of rotatable bonds is 4. The maximum atomic E-state index is 10.8. The molecular weight excluding hydrogens is 274 g/mol. The molecule has 0 fully saturated rings. The summed E-state index contributed by atoms with van der Waals surface area (Å²) in [6.07, 6.45) is 0.607. The van der Waals surface area contributed by atoms with Crippen molar-refractivity contribution in [2.75, 3.05) is 0 Å². The average Bonchev–Trinajstić information content (AvgIpc) is 2.35. The van der Waals surface area contributed by atoms with Gasteiger partial charge in [-0.1, -0.05) is 25.4 Å². The molecule has 0 aliphatic heterocycles. The summed E-state index contributed by atoms with van der Waals surface area (Å²) in [6, 6.07) is 5.77. The highest BCUT2D eigenvalue weighted by atomic mass is 35.5. The third-order valence-electron chi connectivity index (χ3n) is 3.37. The standard InChI is InChI=1S/C16H18ClNO2/c1-9(2)14-7-11(4-5-15(19)20)13-8-12(17)6-10(3)16(13)18-14/h6-9H,4-5H2,1-3H3,(H,19,20). The number of halogens is 1. The SMILES string of the molecule is Cc1cc(Cl)cc2c(CCC(=O)O)cc(C(C)C)nc12. The summed E-state index contributed by atoms with van der Waals surface area (Å²) in [4.78, 5) is 15.5. The summed E-state index contributed by atoms with van der Waals surface area (Å²) >= 11 is 6.12. The monoisotopic (exact) mass is 291 g/mol. The molecule has 0 aliphatic carbocycles. The van der Waals surface area contributed by atoms with E-state index in [4.69, 9.17) is 21.7 Å². The molecule has 2 rings (SSSR count). The number of benzene rings is 1. The minimum Gasteiger partial charge on any atom is -0.481 e. The van der Waals surface area contributed by atoms with Crippen LogP contribution in [0.1, 0.15) is 43.0 Å². The van der Waals surface area contributed by atoms with E-state index in [1.54, 1.807) is 0 Å². The number of aryl methyl sites for hydroxylation is 2. The molecule has 1 aromatic heterocycles. The number of carbonyl (C=O) groups is 1. The normalized spacial score (nSPS) is 11.2. The second-order valence-electron chi connectivity index (χ2n) is 5.37. The minimum atomic E-state index is -0.792. The quantitative estimate of drug-likeness (QED) is 0.912. The number of carboxylic acid groups (broad SMARTS) is 1. The van der Waals surface area contributed by atoms with Crippen molar-refractivity contribution < 1.29 is 9.90 Å². The molecular formula is C16H18ClNO2. The number of hydrogen-bond donors (Lipinski definition) is 1. The van der Waals surface area contributed by atoms with E-state index in [9.17, 15) is 4.79 Å². The van der Waals surface area contributed by atoms with Crippen LogP contribution in [0.15, 0.2) is 18.2 Å². The molecule has 1 aromatic carbocycles. The number of carboxylic acids is 1. The predicted octanol–water partition coefficient (Wildman–Crippen LogP) is 4.34. The third kappa shape index (κ3) is 3.10. The van der Waals surface area contributed by atoms with Crippen LogP contribution in [0.5, 0.6) is 0 Å². The molecule has 3 nitrogen and oxygen atoms in total. The van der Waals surface area contributed by atoms with Gasteiger partial charge < -0.3 is 5.11 Å². The van der Waals surface area contributed by atoms with Gasteiger partial charge in [0.15, 0.2) is 0 Å². The van der Waals surface area contributed by atoms with Gasteiger partial charge in [-0.2, -0.15) is 0 Å². The van der Waals surface area contributed by atoms with E-state index in [1.165, 1.54) is 0 Å². The lowest BCUT2D eigenvalue weighted by molar-refractivity contribution is -0.136. The molecule has 0 saturated heterocycles. The highest BCUT2D eigenvalue weighted by Gasteiger charge is 2.12. The maximum Gasteiger partial charge on any atom is 0.303 e. The van der Waals surface area contributed by atoms with Gasteiger partial charge in [0.1, 0.15) is 0 Å². The second kappa shape index (κ2) is 5.80. The summed E-state index contributed by atoms with van der Waals surface area (Å²) in [7, 11) is 0. The van der Waals surface area contributed by atoms with Gasteiger partial charge >= 0.3 is 5.97 Å². The maximum absolute atomic E-state index is 10.8. The molecule has 20 heavy (non-hydrogen) atoms. The fourth-order valence-corrected chi connectivity index (χ4v) is 2.56. The van der Waals surface area contributed by atoms with Gasteiger partial charge in [0, 0.05) is 22.5 Å². The molecule has 0 spiro atoms. The van der Waals surface area contributed by atoms with Crippen LogP contribution in [-0.2, 0) is 11.2 Å². The van der Waals surface area contributed by atoms with Gasteiger partial charge in [0.25, 0.3) is 0 Å². The Morgan fingerprint density at radius 2 is 2.05 bits per heavy atom. The van der Waals surface area contributed by atoms with Crippen LogP contribution < -0.4 is 0 Å². The first-order valence-electron chi connectivity index (χ1n) is 6.70. The zero-order valence-electron chi connectivity index (χ0n) is 11.9. The highest BCUT2D eigenvalue weighted by Crippen LogP contribution is 2.28. The molecule has 1 N–H and O–H groups in total. The van der Waals surface area contributed by atoms with Crippen molar-refractivity contribution in [3.63, 3.8) is 0 Å². The van der Waals surface area contributed by atoms with Gasteiger partial charge in [-0.25, -0.2) is 0 Å². The molecule has 0 radical (unpaired) electrons. The van der Waals surface area contributed by atoms with Gasteiger partial charge in [-0.15, -0.1) is 0 Å². The third-order valence-corrected chi connectivity index (χ3v) is 3.59. The topological polar surface area (TPSA) is 50.2 Å². The second-order valence-corrected chi connectivity index (χ2v) is 5.81. The Labute approximate surface area is 123 Å². The lowest BCUT2D eigenvalue weighted by atomic mass is 9.98. The predicted molar refractivity (Wildman–Crippen MR) is 81.5 cm³/mol. The van der Waals surface area contributed by atoms with E-state index in [-0.39, 0.29) is 6.42 Å². The van der Waals surface area contributed by atoms with Crippen LogP contribution in [0, 0.1) is 6.92 Å². The van der Waals surface area contributed by atoms with E-state index in [1.807, 2.05) is 25.1 Å². The largest absolute Gasteiger partial charge is 0.481 e. The summed E-state index contributed by atoms with van der Waals surface area (Å²) in [6.45, 7) is 6.15. The Hall–Kier alpha value is -1.61. The van der Waals surface area contributed by atoms with Crippen LogP contribution in [-0.4, -0.2) is 16.1 Å². The van der Waals surface area contributed by atoms with Crippen molar-refractivity contribution >= 4 is 28.5 Å². The molecule has 4 heteroatoms. The highest BCUT2D eigenvalue weighted by molar-refractivity contribution is 6.31. The van der Waals surface area contributed by atoms with Gasteiger partial charge in [-0.3, -0.25) is 9.78 Å². The van der Waals surface area contributed by atoms with Crippen LogP contribution >= 0.6 is 11.6 Å². The molecule has 0 atom stereocenters. The summed E-state index contributed by atoms with van der Waals surface area (Å²) in [5, 5.41) is 10.5. The Morgan fingerprint density at radius 1 is 1.35 bits per heavy atom. The average molecular weight is 292 g/mol. The van der Waals surface area contributed by atoms with Crippen LogP contribution in [0.4, 0.5) is 0 Å². The van der Waals surface area contributed by atoms with Gasteiger partial charge in [-0.05, 0) is 48.6 Å². The van der Waals surface area contributed by atoms with E-state index in [2.05, 4.69) is 13.8 Å².